The Kier molecular flexibility index (Phi) is 4.04. The maximum absolute atomic E-state index is 12.2. The summed E-state index contributed by atoms with van der Waals surface area (Å²) in [5, 5.41) is 21.3. The van der Waals surface area contributed by atoms with Crippen LogP contribution in [-0.2, 0) is 23.9 Å². The molecule has 2 unspecified atom stereocenters. The first kappa shape index (κ1) is 18.3. The zero-order valence-electron chi connectivity index (χ0n) is 15.0. The summed E-state index contributed by atoms with van der Waals surface area (Å²) >= 11 is 0. The molecule has 4 aliphatic rings. The molecule has 0 radical (unpaired) electrons. The van der Waals surface area contributed by atoms with Crippen LogP contribution in [0.2, 0.25) is 0 Å². The van der Waals surface area contributed by atoms with E-state index in [0.717, 1.165) is 0 Å². The van der Waals surface area contributed by atoms with Crippen molar-refractivity contribution in [1.29, 1.82) is 0 Å². The van der Waals surface area contributed by atoms with Crippen LogP contribution >= 0.6 is 0 Å². The molecule has 25 heavy (non-hydrogen) atoms. The highest BCUT2D eigenvalue weighted by atomic mass is 16.6. The van der Waals surface area contributed by atoms with Gasteiger partial charge >= 0.3 is 11.9 Å². The monoisotopic (exact) mass is 354 g/mol. The third kappa shape index (κ3) is 3.58. The lowest BCUT2D eigenvalue weighted by molar-refractivity contribution is -0.260. The van der Waals surface area contributed by atoms with Crippen LogP contribution in [0.5, 0.6) is 0 Å². The van der Waals surface area contributed by atoms with E-state index in [1.54, 1.807) is 20.8 Å². The molecule has 4 bridgehead atoms. The number of hydrogen-bond donors (Lipinski definition) is 2. The Balaban J connectivity index is 1.63. The smallest absolute Gasteiger partial charge is 0.378 e. The quantitative estimate of drug-likeness (QED) is 0.570. The van der Waals surface area contributed by atoms with Gasteiger partial charge in [0.15, 0.2) is 6.61 Å². The number of esters is 2. The molecule has 4 rings (SSSR count). The van der Waals surface area contributed by atoms with Gasteiger partial charge in [-0.25, -0.2) is 4.79 Å². The van der Waals surface area contributed by atoms with Crippen molar-refractivity contribution < 1.29 is 34.1 Å². The average molecular weight is 354 g/mol. The van der Waals surface area contributed by atoms with Crippen molar-refractivity contribution >= 4 is 17.7 Å². The number of carbonyl (C=O) groups is 3. The summed E-state index contributed by atoms with van der Waals surface area (Å²) in [7, 11) is 0. The average Bonchev–Trinajstić information content (AvgIpc) is 2.38. The van der Waals surface area contributed by atoms with E-state index in [0.29, 0.717) is 19.3 Å². The predicted octanol–water partition coefficient (Wildman–Crippen LogP) is 0.887. The fourth-order valence-corrected chi connectivity index (χ4v) is 5.02. The summed E-state index contributed by atoms with van der Waals surface area (Å²) in [4.78, 5) is 35.8. The van der Waals surface area contributed by atoms with Crippen molar-refractivity contribution in [2.75, 3.05) is 6.61 Å². The molecule has 7 nitrogen and oxygen atoms in total. The molecular weight excluding hydrogens is 328 g/mol. The van der Waals surface area contributed by atoms with Crippen LogP contribution in [0.3, 0.4) is 0 Å². The second kappa shape index (κ2) is 5.51. The van der Waals surface area contributed by atoms with Crippen molar-refractivity contribution in [2.24, 2.45) is 11.3 Å². The molecule has 0 aromatic heterocycles. The van der Waals surface area contributed by atoms with Gasteiger partial charge in [-0.15, -0.1) is 0 Å². The molecule has 4 saturated carbocycles. The van der Waals surface area contributed by atoms with Gasteiger partial charge in [0.05, 0.1) is 16.6 Å². The second-order valence-electron chi connectivity index (χ2n) is 9.28. The molecule has 2 atom stereocenters. The molecule has 4 fully saturated rings. The molecule has 0 heterocycles. The lowest BCUT2D eigenvalue weighted by Gasteiger charge is -2.62. The topological polar surface area (TPSA) is 110 Å². The Morgan fingerprint density at radius 2 is 1.56 bits per heavy atom. The van der Waals surface area contributed by atoms with Crippen LogP contribution in [-0.4, -0.2) is 51.3 Å². The molecule has 0 aromatic rings. The van der Waals surface area contributed by atoms with Gasteiger partial charge in [-0.3, -0.25) is 9.59 Å². The highest BCUT2D eigenvalue weighted by Gasteiger charge is 2.64. The normalized spacial score (nSPS) is 39.2. The highest BCUT2D eigenvalue weighted by molar-refractivity contribution is 6.34. The summed E-state index contributed by atoms with van der Waals surface area (Å²) in [6, 6.07) is 0. The van der Waals surface area contributed by atoms with Crippen molar-refractivity contribution in [3.05, 3.63) is 0 Å². The first-order valence-corrected chi connectivity index (χ1v) is 8.72. The minimum Gasteiger partial charge on any atom is -0.457 e. The third-order valence-corrected chi connectivity index (χ3v) is 5.44. The first-order valence-electron chi connectivity index (χ1n) is 8.72. The van der Waals surface area contributed by atoms with Crippen molar-refractivity contribution in [3.8, 4) is 0 Å². The first-order chi connectivity index (χ1) is 11.3. The Morgan fingerprint density at radius 3 is 2.04 bits per heavy atom. The van der Waals surface area contributed by atoms with E-state index in [1.807, 2.05) is 0 Å². The van der Waals surface area contributed by atoms with E-state index in [4.69, 9.17) is 9.47 Å². The number of Topliss-reactive ketones (excluding diaryl/α,β-unsaturated/α-hetero) is 1. The van der Waals surface area contributed by atoms with Crippen LogP contribution in [0.1, 0.15) is 59.3 Å². The predicted molar refractivity (Wildman–Crippen MR) is 85.3 cm³/mol. The summed E-state index contributed by atoms with van der Waals surface area (Å²) < 4.78 is 10.3. The third-order valence-electron chi connectivity index (χ3n) is 5.44. The number of ether oxygens (including phenoxy) is 2. The van der Waals surface area contributed by atoms with Crippen LogP contribution in [0.15, 0.2) is 0 Å². The largest absolute Gasteiger partial charge is 0.457 e. The van der Waals surface area contributed by atoms with Gasteiger partial charge < -0.3 is 19.7 Å². The van der Waals surface area contributed by atoms with Crippen LogP contribution in [0.4, 0.5) is 0 Å². The standard InChI is InChI=1S/C18H26O7/c1-15(2,3)14(21)24-7-12(19)13(20)25-18-6-11-4-16(22,9-18)8-17(23,5-11)10-18/h11,22-23H,4-10H2,1-3H3. The molecule has 0 aliphatic heterocycles. The van der Waals surface area contributed by atoms with Crippen LogP contribution < -0.4 is 0 Å². The zero-order chi connectivity index (χ0) is 18.7. The maximum atomic E-state index is 12.2. The SMILES string of the molecule is CC(C)(C)C(=O)OCC(=O)C(=O)OC12CC3CC(O)(CC(O)(C3)C1)C2. The number of ketones is 1. The molecule has 0 spiro atoms. The summed E-state index contributed by atoms with van der Waals surface area (Å²) in [6.45, 7) is 4.28. The minimum atomic E-state index is -1.07. The molecular formula is C18H26O7. The molecule has 140 valence electrons. The number of rotatable bonds is 4. The Hall–Kier alpha value is -1.47. The van der Waals surface area contributed by atoms with E-state index in [2.05, 4.69) is 0 Å². The van der Waals surface area contributed by atoms with Gasteiger partial charge in [-0.05, 0) is 46.0 Å². The number of aliphatic hydroxyl groups is 2. The molecule has 0 saturated heterocycles. The van der Waals surface area contributed by atoms with Gasteiger partial charge in [-0.1, -0.05) is 0 Å². The molecule has 4 aliphatic carbocycles. The maximum Gasteiger partial charge on any atom is 0.378 e. The van der Waals surface area contributed by atoms with E-state index in [9.17, 15) is 24.6 Å². The van der Waals surface area contributed by atoms with E-state index >= 15 is 0 Å². The minimum absolute atomic E-state index is 0.0767. The van der Waals surface area contributed by atoms with Crippen LogP contribution in [0, 0.1) is 11.3 Å². The van der Waals surface area contributed by atoms with Gasteiger partial charge in [0.2, 0.25) is 0 Å². The zero-order valence-corrected chi connectivity index (χ0v) is 15.0. The fraction of sp³-hybridized carbons (Fsp3) is 0.833. The van der Waals surface area contributed by atoms with Gasteiger partial charge in [0, 0.05) is 19.3 Å². The molecule has 7 heteroatoms. The van der Waals surface area contributed by atoms with Gasteiger partial charge in [0.25, 0.3) is 5.78 Å². The molecule has 2 N–H and O–H groups in total. The lowest BCUT2D eigenvalue weighted by atomic mass is 9.50. The second-order valence-corrected chi connectivity index (χ2v) is 9.28. The summed E-state index contributed by atoms with van der Waals surface area (Å²) in [5.74, 6) is -2.51. The van der Waals surface area contributed by atoms with Gasteiger partial charge in [0.1, 0.15) is 5.60 Å². The molecule has 0 aromatic carbocycles. The van der Waals surface area contributed by atoms with Crippen molar-refractivity contribution in [3.63, 3.8) is 0 Å². The van der Waals surface area contributed by atoms with Gasteiger partial charge in [-0.2, -0.15) is 0 Å². The summed E-state index contributed by atoms with van der Waals surface area (Å²) in [5.41, 5.74) is -3.87. The van der Waals surface area contributed by atoms with Crippen molar-refractivity contribution in [1.82, 2.24) is 0 Å². The number of carbonyl (C=O) groups excluding carboxylic acids is 3. The Morgan fingerprint density at radius 1 is 1.00 bits per heavy atom. The summed E-state index contributed by atoms with van der Waals surface area (Å²) in [6.07, 6.45) is 2.47. The van der Waals surface area contributed by atoms with Crippen molar-refractivity contribution in [2.45, 2.75) is 76.1 Å². The number of hydrogen-bond acceptors (Lipinski definition) is 7. The van der Waals surface area contributed by atoms with E-state index in [1.165, 1.54) is 0 Å². The van der Waals surface area contributed by atoms with Crippen LogP contribution in [0.25, 0.3) is 0 Å². The highest BCUT2D eigenvalue weighted by Crippen LogP contribution is 2.60. The lowest BCUT2D eigenvalue weighted by Crippen LogP contribution is -2.67. The molecule has 0 amide bonds. The van der Waals surface area contributed by atoms with E-state index in [-0.39, 0.29) is 25.2 Å². The van der Waals surface area contributed by atoms with E-state index < -0.39 is 46.5 Å². The fourth-order valence-electron chi connectivity index (χ4n) is 5.02. The Labute approximate surface area is 146 Å². The Bertz CT molecular complexity index is 599.